The third kappa shape index (κ3) is 2.44. The standard InChI is InChI=1S/C12H13N3O2/c1-8-3-5-9(6-4-8)13-10-7-11(16)15(2)12(17)14-10/h3-7,13H,1-2H3,(H,14,17). The highest BCUT2D eigenvalue weighted by Gasteiger charge is 2.00. The predicted octanol–water partition coefficient (Wildman–Crippen LogP) is 1.13. The van der Waals surface area contributed by atoms with Gasteiger partial charge >= 0.3 is 5.69 Å². The summed E-state index contributed by atoms with van der Waals surface area (Å²) >= 11 is 0. The average Bonchev–Trinajstić information content (AvgIpc) is 2.29. The van der Waals surface area contributed by atoms with Crippen LogP contribution < -0.4 is 16.6 Å². The van der Waals surface area contributed by atoms with Crippen molar-refractivity contribution in [1.82, 2.24) is 9.55 Å². The van der Waals surface area contributed by atoms with Gasteiger partial charge in [-0.05, 0) is 19.1 Å². The molecule has 0 saturated carbocycles. The van der Waals surface area contributed by atoms with Gasteiger partial charge in [0.2, 0.25) is 0 Å². The smallest absolute Gasteiger partial charge is 0.329 e. The minimum Gasteiger partial charge on any atom is -0.342 e. The van der Waals surface area contributed by atoms with Crippen molar-refractivity contribution in [3.05, 3.63) is 56.7 Å². The van der Waals surface area contributed by atoms with Crippen molar-refractivity contribution in [2.45, 2.75) is 6.92 Å². The second-order valence-corrected chi connectivity index (χ2v) is 3.88. The molecule has 88 valence electrons. The first-order valence-corrected chi connectivity index (χ1v) is 5.20. The van der Waals surface area contributed by atoms with Crippen LogP contribution in [0.3, 0.4) is 0 Å². The van der Waals surface area contributed by atoms with Crippen LogP contribution in [0.5, 0.6) is 0 Å². The van der Waals surface area contributed by atoms with Crippen LogP contribution in [0.2, 0.25) is 0 Å². The molecule has 1 heterocycles. The first-order valence-electron chi connectivity index (χ1n) is 5.20. The summed E-state index contributed by atoms with van der Waals surface area (Å²) in [6, 6.07) is 9.00. The number of aryl methyl sites for hydroxylation is 1. The maximum atomic E-state index is 11.4. The van der Waals surface area contributed by atoms with Gasteiger partial charge in [0, 0.05) is 18.8 Å². The third-order valence-corrected chi connectivity index (χ3v) is 2.48. The van der Waals surface area contributed by atoms with Crippen molar-refractivity contribution in [2.24, 2.45) is 7.05 Å². The highest BCUT2D eigenvalue weighted by Crippen LogP contribution is 2.12. The van der Waals surface area contributed by atoms with Gasteiger partial charge in [0.05, 0.1) is 0 Å². The molecule has 2 N–H and O–H groups in total. The number of rotatable bonds is 2. The molecular weight excluding hydrogens is 218 g/mol. The van der Waals surface area contributed by atoms with Crippen LogP contribution in [0.25, 0.3) is 0 Å². The number of benzene rings is 1. The normalized spacial score (nSPS) is 10.2. The minimum atomic E-state index is -0.438. The predicted molar refractivity (Wildman–Crippen MR) is 66.8 cm³/mol. The van der Waals surface area contributed by atoms with Crippen LogP contribution in [-0.2, 0) is 7.05 Å². The molecule has 1 aromatic carbocycles. The molecule has 5 nitrogen and oxygen atoms in total. The Hall–Kier alpha value is -2.30. The second-order valence-electron chi connectivity index (χ2n) is 3.88. The lowest BCUT2D eigenvalue weighted by Gasteiger charge is -2.06. The zero-order valence-electron chi connectivity index (χ0n) is 9.65. The topological polar surface area (TPSA) is 66.9 Å². The lowest BCUT2D eigenvalue weighted by atomic mass is 10.2. The quantitative estimate of drug-likeness (QED) is 0.814. The van der Waals surface area contributed by atoms with Gasteiger partial charge in [-0.25, -0.2) is 4.79 Å². The van der Waals surface area contributed by atoms with Crippen LogP contribution in [0.15, 0.2) is 39.9 Å². The summed E-state index contributed by atoms with van der Waals surface area (Å²) in [7, 11) is 1.43. The van der Waals surface area contributed by atoms with Crippen LogP contribution in [0.1, 0.15) is 5.56 Å². The Balaban J connectivity index is 2.34. The minimum absolute atomic E-state index is 0.344. The molecule has 2 rings (SSSR count). The summed E-state index contributed by atoms with van der Waals surface area (Å²) in [6.45, 7) is 1.99. The summed E-state index contributed by atoms with van der Waals surface area (Å²) in [5.74, 6) is 0.391. The number of aromatic nitrogens is 2. The molecule has 0 spiro atoms. The van der Waals surface area contributed by atoms with E-state index in [0.717, 1.165) is 15.8 Å². The number of hydrogen-bond acceptors (Lipinski definition) is 3. The van der Waals surface area contributed by atoms with Gasteiger partial charge in [0.1, 0.15) is 5.82 Å². The lowest BCUT2D eigenvalue weighted by molar-refractivity contribution is 0.778. The van der Waals surface area contributed by atoms with E-state index in [4.69, 9.17) is 0 Å². The van der Waals surface area contributed by atoms with Gasteiger partial charge in [0.15, 0.2) is 0 Å². The Morgan fingerprint density at radius 1 is 1.18 bits per heavy atom. The van der Waals surface area contributed by atoms with Crippen molar-refractivity contribution in [1.29, 1.82) is 0 Å². The van der Waals surface area contributed by atoms with Crippen molar-refractivity contribution >= 4 is 11.5 Å². The number of H-pyrrole nitrogens is 1. The molecule has 2 aromatic rings. The number of hydrogen-bond donors (Lipinski definition) is 2. The van der Waals surface area contributed by atoms with Gasteiger partial charge in [0.25, 0.3) is 5.56 Å². The molecule has 0 unspecified atom stereocenters. The number of nitrogens with one attached hydrogen (secondary N) is 2. The van der Waals surface area contributed by atoms with Crippen LogP contribution in [0, 0.1) is 6.92 Å². The SMILES string of the molecule is Cc1ccc(Nc2cc(=O)n(C)c(=O)[nH]2)cc1. The van der Waals surface area contributed by atoms with E-state index in [1.807, 2.05) is 31.2 Å². The van der Waals surface area contributed by atoms with Gasteiger partial charge < -0.3 is 5.32 Å². The van der Waals surface area contributed by atoms with Gasteiger partial charge in [-0.2, -0.15) is 0 Å². The second kappa shape index (κ2) is 4.29. The van der Waals surface area contributed by atoms with Gasteiger partial charge in [-0.1, -0.05) is 17.7 Å². The Morgan fingerprint density at radius 2 is 1.82 bits per heavy atom. The van der Waals surface area contributed by atoms with E-state index in [2.05, 4.69) is 10.3 Å². The summed E-state index contributed by atoms with van der Waals surface area (Å²) in [4.78, 5) is 25.4. The summed E-state index contributed by atoms with van der Waals surface area (Å²) in [6.07, 6.45) is 0. The van der Waals surface area contributed by atoms with Crippen molar-refractivity contribution in [2.75, 3.05) is 5.32 Å². The van der Waals surface area contributed by atoms with Crippen LogP contribution in [-0.4, -0.2) is 9.55 Å². The molecule has 0 saturated heterocycles. The Kier molecular flexibility index (Phi) is 2.82. The molecule has 1 aromatic heterocycles. The Labute approximate surface area is 97.7 Å². The molecule has 0 aliphatic rings. The molecule has 17 heavy (non-hydrogen) atoms. The highest BCUT2D eigenvalue weighted by atomic mass is 16.2. The third-order valence-electron chi connectivity index (χ3n) is 2.48. The van der Waals surface area contributed by atoms with Gasteiger partial charge in [-0.3, -0.25) is 14.3 Å². The fraction of sp³-hybridized carbons (Fsp3) is 0.167. The average molecular weight is 231 g/mol. The molecular formula is C12H13N3O2. The molecule has 0 atom stereocenters. The van der Waals surface area contributed by atoms with Crippen LogP contribution >= 0.6 is 0 Å². The molecule has 0 amide bonds. The molecule has 0 bridgehead atoms. The summed E-state index contributed by atoms with van der Waals surface area (Å²) in [5, 5.41) is 2.97. The highest BCUT2D eigenvalue weighted by molar-refractivity contribution is 5.55. The van der Waals surface area contributed by atoms with Crippen molar-refractivity contribution in [3.63, 3.8) is 0 Å². The van der Waals surface area contributed by atoms with Crippen LogP contribution in [0.4, 0.5) is 11.5 Å². The molecule has 0 radical (unpaired) electrons. The van der Waals surface area contributed by atoms with Crippen molar-refractivity contribution in [3.8, 4) is 0 Å². The molecule has 0 aliphatic heterocycles. The first kappa shape index (κ1) is 11.2. The van der Waals surface area contributed by atoms with Crippen molar-refractivity contribution < 1.29 is 0 Å². The number of nitrogens with zero attached hydrogens (tertiary/aromatic N) is 1. The van der Waals surface area contributed by atoms with E-state index in [0.29, 0.717) is 5.82 Å². The zero-order chi connectivity index (χ0) is 12.4. The van der Waals surface area contributed by atoms with E-state index in [-0.39, 0.29) is 5.56 Å². The Morgan fingerprint density at radius 3 is 2.41 bits per heavy atom. The summed E-state index contributed by atoms with van der Waals surface area (Å²) < 4.78 is 1.01. The van der Waals surface area contributed by atoms with Gasteiger partial charge in [-0.15, -0.1) is 0 Å². The Bertz CT molecular complexity index is 607. The first-order chi connectivity index (χ1) is 8.06. The van der Waals surface area contributed by atoms with E-state index in [1.165, 1.54) is 13.1 Å². The van der Waals surface area contributed by atoms with E-state index in [9.17, 15) is 9.59 Å². The van der Waals surface area contributed by atoms with E-state index >= 15 is 0 Å². The number of aromatic amines is 1. The molecule has 0 aliphatic carbocycles. The van der Waals surface area contributed by atoms with E-state index in [1.54, 1.807) is 0 Å². The number of anilines is 2. The molecule has 0 fully saturated rings. The molecule has 5 heteroatoms. The zero-order valence-corrected chi connectivity index (χ0v) is 9.65. The largest absolute Gasteiger partial charge is 0.342 e. The fourth-order valence-electron chi connectivity index (χ4n) is 1.42. The maximum Gasteiger partial charge on any atom is 0.329 e. The maximum absolute atomic E-state index is 11.4. The summed E-state index contributed by atoms with van der Waals surface area (Å²) in [5.41, 5.74) is 1.18. The fourth-order valence-corrected chi connectivity index (χ4v) is 1.42. The van der Waals surface area contributed by atoms with E-state index < -0.39 is 5.69 Å². The lowest BCUT2D eigenvalue weighted by Crippen LogP contribution is -2.32. The monoisotopic (exact) mass is 231 g/mol.